The van der Waals surface area contributed by atoms with E-state index in [0.29, 0.717) is 33.3 Å². The first kappa shape index (κ1) is 21.7. The van der Waals surface area contributed by atoms with E-state index in [1.165, 1.54) is 26.0 Å². The second kappa shape index (κ2) is 8.92. The second-order valence-corrected chi connectivity index (χ2v) is 8.44. The van der Waals surface area contributed by atoms with Crippen LogP contribution in [0.3, 0.4) is 0 Å². The summed E-state index contributed by atoms with van der Waals surface area (Å²) in [5.74, 6) is 0.430. The van der Waals surface area contributed by atoms with Gasteiger partial charge in [0, 0.05) is 22.8 Å². The highest BCUT2D eigenvalue weighted by Crippen LogP contribution is 2.42. The van der Waals surface area contributed by atoms with Crippen molar-refractivity contribution in [3.63, 3.8) is 0 Å². The lowest BCUT2D eigenvalue weighted by molar-refractivity contribution is 0.0975. The highest BCUT2D eigenvalue weighted by molar-refractivity contribution is 7.99. The molecule has 2 heterocycles. The van der Waals surface area contributed by atoms with Crippen molar-refractivity contribution in [1.82, 2.24) is 4.98 Å². The lowest BCUT2D eigenvalue weighted by Crippen LogP contribution is -2.37. The number of benzene rings is 2. The molecule has 7 nitrogen and oxygen atoms in total. The van der Waals surface area contributed by atoms with Crippen LogP contribution in [0.15, 0.2) is 64.6 Å². The van der Waals surface area contributed by atoms with E-state index in [-0.39, 0.29) is 17.9 Å². The van der Waals surface area contributed by atoms with Gasteiger partial charge in [-0.15, -0.1) is 0 Å². The van der Waals surface area contributed by atoms with Crippen LogP contribution in [-0.4, -0.2) is 37.1 Å². The Bertz CT molecular complexity index is 1200. The molecule has 0 aliphatic carbocycles. The lowest BCUT2D eigenvalue weighted by Gasteiger charge is -2.27. The predicted molar refractivity (Wildman–Crippen MR) is 124 cm³/mol. The van der Waals surface area contributed by atoms with E-state index in [4.69, 9.17) is 9.47 Å². The number of fused-ring (bicyclic) bond motifs is 2. The molecule has 0 saturated carbocycles. The monoisotopic (exact) mass is 449 g/mol. The van der Waals surface area contributed by atoms with E-state index in [9.17, 15) is 9.59 Å². The van der Waals surface area contributed by atoms with Gasteiger partial charge in [0.1, 0.15) is 5.03 Å². The zero-order chi connectivity index (χ0) is 22.8. The Morgan fingerprint density at radius 1 is 1.09 bits per heavy atom. The summed E-state index contributed by atoms with van der Waals surface area (Å²) in [5.41, 5.74) is 2.31. The van der Waals surface area contributed by atoms with Gasteiger partial charge < -0.3 is 19.7 Å². The maximum Gasteiger partial charge on any atom is 0.261 e. The number of ether oxygens (including phenoxy) is 2. The molecule has 0 spiro atoms. The van der Waals surface area contributed by atoms with Gasteiger partial charge in [-0.2, -0.15) is 0 Å². The number of amides is 2. The number of aromatic nitrogens is 1. The zero-order valence-corrected chi connectivity index (χ0v) is 19.0. The Hall–Kier alpha value is -3.52. The molecule has 1 aromatic heterocycles. The van der Waals surface area contributed by atoms with Crippen LogP contribution in [0.1, 0.15) is 34.6 Å². The number of rotatable bonds is 5. The first-order valence-electron chi connectivity index (χ1n) is 10.1. The molecule has 164 valence electrons. The maximum absolute atomic E-state index is 13.2. The number of carbonyl (C=O) groups excluding carboxylic acids is 2. The standard InChI is InChI=1S/C24H23N3O4S/c1-14(2)27-18-11-10-15(13-20(18)32-23-17(24(27)29)8-6-12-25-23)26-22(28)16-7-5-9-19(30-3)21(16)31-4/h5-14H,1-4H3,(H,26,28). The van der Waals surface area contributed by atoms with Crippen molar-refractivity contribution < 1.29 is 19.1 Å². The van der Waals surface area contributed by atoms with Gasteiger partial charge in [-0.3, -0.25) is 9.59 Å². The van der Waals surface area contributed by atoms with Gasteiger partial charge in [0.25, 0.3) is 11.8 Å². The minimum atomic E-state index is -0.324. The lowest BCUT2D eigenvalue weighted by atomic mass is 10.1. The number of carbonyl (C=O) groups is 2. The Balaban J connectivity index is 1.71. The molecule has 32 heavy (non-hydrogen) atoms. The average Bonchev–Trinajstić information content (AvgIpc) is 2.91. The molecule has 2 aromatic carbocycles. The van der Waals surface area contributed by atoms with Crippen LogP contribution in [0.2, 0.25) is 0 Å². The van der Waals surface area contributed by atoms with Crippen LogP contribution in [0.25, 0.3) is 0 Å². The van der Waals surface area contributed by atoms with Crippen LogP contribution in [0.4, 0.5) is 11.4 Å². The third-order valence-electron chi connectivity index (χ3n) is 5.07. The number of para-hydroxylation sites is 1. The van der Waals surface area contributed by atoms with Gasteiger partial charge >= 0.3 is 0 Å². The fourth-order valence-electron chi connectivity index (χ4n) is 3.63. The van der Waals surface area contributed by atoms with E-state index >= 15 is 0 Å². The van der Waals surface area contributed by atoms with E-state index in [0.717, 1.165) is 10.6 Å². The molecular formula is C24H23N3O4S. The van der Waals surface area contributed by atoms with Crippen molar-refractivity contribution in [3.05, 3.63) is 65.9 Å². The van der Waals surface area contributed by atoms with Crippen molar-refractivity contribution in [3.8, 4) is 11.5 Å². The van der Waals surface area contributed by atoms with Crippen LogP contribution >= 0.6 is 11.8 Å². The van der Waals surface area contributed by atoms with E-state index < -0.39 is 0 Å². The van der Waals surface area contributed by atoms with Crippen LogP contribution in [0.5, 0.6) is 11.5 Å². The number of hydrogen-bond acceptors (Lipinski definition) is 6. The Morgan fingerprint density at radius 3 is 2.62 bits per heavy atom. The highest BCUT2D eigenvalue weighted by Gasteiger charge is 2.30. The van der Waals surface area contributed by atoms with Crippen molar-refractivity contribution >= 4 is 35.0 Å². The van der Waals surface area contributed by atoms with Gasteiger partial charge in [-0.1, -0.05) is 17.8 Å². The fourth-order valence-corrected chi connectivity index (χ4v) is 4.67. The number of hydrogen-bond donors (Lipinski definition) is 1. The van der Waals surface area contributed by atoms with E-state index in [2.05, 4.69) is 10.3 Å². The molecule has 0 atom stereocenters. The second-order valence-electron chi connectivity index (χ2n) is 7.40. The smallest absolute Gasteiger partial charge is 0.261 e. The molecule has 3 aromatic rings. The van der Waals surface area contributed by atoms with Crippen molar-refractivity contribution in [2.45, 2.75) is 29.8 Å². The number of pyridine rings is 1. The maximum atomic E-state index is 13.2. The average molecular weight is 450 g/mol. The third kappa shape index (κ3) is 3.89. The van der Waals surface area contributed by atoms with E-state index in [1.807, 2.05) is 26.0 Å². The predicted octanol–water partition coefficient (Wildman–Crippen LogP) is 4.87. The van der Waals surface area contributed by atoms with Crippen molar-refractivity contribution in [2.24, 2.45) is 0 Å². The molecule has 1 N–H and O–H groups in total. The summed E-state index contributed by atoms with van der Waals surface area (Å²) in [6.45, 7) is 3.94. The molecule has 1 aliphatic rings. The summed E-state index contributed by atoms with van der Waals surface area (Å²) in [6.07, 6.45) is 1.67. The van der Waals surface area contributed by atoms with E-state index in [1.54, 1.807) is 47.5 Å². The van der Waals surface area contributed by atoms with Crippen molar-refractivity contribution in [1.29, 1.82) is 0 Å². The summed E-state index contributed by atoms with van der Waals surface area (Å²) < 4.78 is 10.7. The van der Waals surface area contributed by atoms with Crippen LogP contribution in [0, 0.1) is 0 Å². The molecule has 2 amide bonds. The van der Waals surface area contributed by atoms with Gasteiger partial charge in [0.15, 0.2) is 11.5 Å². The van der Waals surface area contributed by atoms with Gasteiger partial charge in [-0.05, 0) is 56.3 Å². The minimum Gasteiger partial charge on any atom is -0.493 e. The molecule has 0 saturated heterocycles. The number of anilines is 2. The normalized spacial score (nSPS) is 12.7. The number of nitrogens with zero attached hydrogens (tertiary/aromatic N) is 2. The number of methoxy groups -OCH3 is 2. The van der Waals surface area contributed by atoms with Crippen LogP contribution < -0.4 is 19.7 Å². The summed E-state index contributed by atoms with van der Waals surface area (Å²) in [5, 5.41) is 3.56. The van der Waals surface area contributed by atoms with Gasteiger partial charge in [0.2, 0.25) is 0 Å². The van der Waals surface area contributed by atoms with Gasteiger partial charge in [-0.25, -0.2) is 4.98 Å². The summed E-state index contributed by atoms with van der Waals surface area (Å²) in [6, 6.07) is 14.1. The van der Waals surface area contributed by atoms with Crippen molar-refractivity contribution in [2.75, 3.05) is 24.4 Å². The molecule has 4 rings (SSSR count). The molecule has 0 bridgehead atoms. The summed E-state index contributed by atoms with van der Waals surface area (Å²) in [4.78, 5) is 33.2. The Labute approximate surface area is 190 Å². The number of nitrogens with one attached hydrogen (secondary N) is 1. The molecule has 0 fully saturated rings. The SMILES string of the molecule is COc1cccc(C(=O)Nc2ccc3c(c2)Sc2ncccc2C(=O)N3C(C)C)c1OC. The Kier molecular flexibility index (Phi) is 6.05. The molecular weight excluding hydrogens is 426 g/mol. The summed E-state index contributed by atoms with van der Waals surface area (Å²) >= 11 is 1.41. The van der Waals surface area contributed by atoms with Gasteiger partial charge in [0.05, 0.1) is 31.0 Å². The first-order chi connectivity index (χ1) is 15.4. The fraction of sp³-hybridized carbons (Fsp3) is 0.208. The quantitative estimate of drug-likeness (QED) is 0.599. The Morgan fingerprint density at radius 2 is 1.91 bits per heavy atom. The largest absolute Gasteiger partial charge is 0.493 e. The first-order valence-corrected chi connectivity index (χ1v) is 10.9. The highest BCUT2D eigenvalue weighted by atomic mass is 32.2. The third-order valence-corrected chi connectivity index (χ3v) is 6.13. The topological polar surface area (TPSA) is 80.8 Å². The molecule has 8 heteroatoms. The minimum absolute atomic E-state index is 0.0468. The van der Waals surface area contributed by atoms with Crippen LogP contribution in [-0.2, 0) is 0 Å². The summed E-state index contributed by atoms with van der Waals surface area (Å²) in [7, 11) is 3.02. The molecule has 0 unspecified atom stereocenters. The molecule has 1 aliphatic heterocycles. The zero-order valence-electron chi connectivity index (χ0n) is 18.2. The molecule has 0 radical (unpaired) electrons.